The van der Waals surface area contributed by atoms with Crippen LogP contribution in [0.1, 0.15) is 13.3 Å². The maximum Gasteiger partial charge on any atom is 0.326 e. The number of rotatable bonds is 2. The van der Waals surface area contributed by atoms with Gasteiger partial charge in [-0.1, -0.05) is 6.92 Å². The minimum absolute atomic E-state index is 0.131. The summed E-state index contributed by atoms with van der Waals surface area (Å²) in [6.07, 6.45) is 4.13. The number of anilines is 1. The molecule has 2 atom stereocenters. The van der Waals surface area contributed by atoms with Crippen LogP contribution in [0.2, 0.25) is 0 Å². The number of pyridine rings is 1. The maximum absolute atomic E-state index is 11.4. The van der Waals surface area contributed by atoms with Crippen LogP contribution in [0, 0.1) is 5.92 Å². The summed E-state index contributed by atoms with van der Waals surface area (Å²) < 4.78 is 5.33. The van der Waals surface area contributed by atoms with Gasteiger partial charge in [0.2, 0.25) is 0 Å². The molecule has 1 fully saturated rings. The fourth-order valence-electron chi connectivity index (χ4n) is 2.67. The van der Waals surface area contributed by atoms with Crippen molar-refractivity contribution in [1.29, 1.82) is 0 Å². The zero-order chi connectivity index (χ0) is 12.7. The van der Waals surface area contributed by atoms with E-state index in [1.165, 1.54) is 0 Å². The van der Waals surface area contributed by atoms with E-state index in [1.54, 1.807) is 18.5 Å². The van der Waals surface area contributed by atoms with Crippen molar-refractivity contribution in [2.75, 3.05) is 11.4 Å². The molecule has 5 heteroatoms. The van der Waals surface area contributed by atoms with Gasteiger partial charge in [0.25, 0.3) is 0 Å². The average molecular weight is 246 g/mol. The van der Waals surface area contributed by atoms with Crippen molar-refractivity contribution in [3.63, 3.8) is 0 Å². The Labute approximate surface area is 104 Å². The number of aromatic nitrogens is 1. The van der Waals surface area contributed by atoms with Gasteiger partial charge in [-0.3, -0.25) is 0 Å². The zero-order valence-corrected chi connectivity index (χ0v) is 10.0. The third-order valence-electron chi connectivity index (χ3n) is 3.58. The Kier molecular flexibility index (Phi) is 2.47. The Balaban J connectivity index is 2.09. The molecule has 1 N–H and O–H groups in total. The number of hydrogen-bond donors (Lipinski definition) is 1. The Morgan fingerprint density at radius 2 is 2.39 bits per heavy atom. The van der Waals surface area contributed by atoms with Gasteiger partial charge in [0.05, 0.1) is 11.6 Å². The highest BCUT2D eigenvalue weighted by molar-refractivity contribution is 5.91. The summed E-state index contributed by atoms with van der Waals surface area (Å²) in [4.78, 5) is 17.6. The van der Waals surface area contributed by atoms with Crippen LogP contribution in [-0.2, 0) is 4.79 Å². The van der Waals surface area contributed by atoms with Gasteiger partial charge in [-0.05, 0) is 24.5 Å². The van der Waals surface area contributed by atoms with E-state index in [1.807, 2.05) is 17.9 Å². The number of furan rings is 1. The molecule has 18 heavy (non-hydrogen) atoms. The molecule has 1 aliphatic heterocycles. The molecule has 2 aromatic rings. The van der Waals surface area contributed by atoms with Crippen LogP contribution in [0.5, 0.6) is 0 Å². The summed E-state index contributed by atoms with van der Waals surface area (Å²) in [5.74, 6) is 0.0479. The van der Waals surface area contributed by atoms with Gasteiger partial charge in [0.1, 0.15) is 17.4 Å². The lowest BCUT2D eigenvalue weighted by Gasteiger charge is -2.24. The summed E-state index contributed by atoms with van der Waals surface area (Å²) in [5, 5.41) is 10.2. The molecule has 3 rings (SSSR count). The van der Waals surface area contributed by atoms with Gasteiger partial charge in [0.15, 0.2) is 0 Å². The Morgan fingerprint density at radius 3 is 3.17 bits per heavy atom. The van der Waals surface area contributed by atoms with Crippen LogP contribution in [-0.4, -0.2) is 28.6 Å². The van der Waals surface area contributed by atoms with Crippen LogP contribution in [0.4, 0.5) is 5.82 Å². The van der Waals surface area contributed by atoms with E-state index in [-0.39, 0.29) is 5.92 Å². The quantitative estimate of drug-likeness (QED) is 0.879. The molecule has 0 aliphatic carbocycles. The molecular formula is C13H14N2O3. The highest BCUT2D eigenvalue weighted by atomic mass is 16.4. The van der Waals surface area contributed by atoms with Crippen LogP contribution >= 0.6 is 0 Å². The molecule has 0 aromatic carbocycles. The smallest absolute Gasteiger partial charge is 0.326 e. The minimum atomic E-state index is -0.790. The van der Waals surface area contributed by atoms with Crippen molar-refractivity contribution >= 4 is 22.8 Å². The first kappa shape index (κ1) is 11.1. The number of carbonyl (C=O) groups is 1. The van der Waals surface area contributed by atoms with Crippen LogP contribution < -0.4 is 4.90 Å². The molecule has 3 heterocycles. The molecule has 0 amide bonds. The summed E-state index contributed by atoms with van der Waals surface area (Å²) in [6, 6.07) is 3.12. The molecule has 0 radical (unpaired) electrons. The maximum atomic E-state index is 11.4. The van der Waals surface area contributed by atoms with Crippen molar-refractivity contribution in [3.05, 3.63) is 24.6 Å². The molecule has 2 unspecified atom stereocenters. The van der Waals surface area contributed by atoms with Gasteiger partial charge >= 0.3 is 5.97 Å². The number of carboxylic acids is 1. The number of aliphatic carboxylic acids is 1. The monoisotopic (exact) mass is 246 g/mol. The molecule has 2 aromatic heterocycles. The lowest BCUT2D eigenvalue weighted by molar-refractivity contribution is -0.139. The van der Waals surface area contributed by atoms with E-state index in [0.29, 0.717) is 5.82 Å². The van der Waals surface area contributed by atoms with Crippen molar-refractivity contribution in [2.45, 2.75) is 19.4 Å². The highest BCUT2D eigenvalue weighted by Crippen LogP contribution is 2.33. The van der Waals surface area contributed by atoms with Crippen LogP contribution in [0.25, 0.3) is 11.0 Å². The highest BCUT2D eigenvalue weighted by Gasteiger charge is 2.38. The molecule has 0 saturated carbocycles. The summed E-state index contributed by atoms with van der Waals surface area (Å²) in [6.45, 7) is 2.68. The number of fused-ring (bicyclic) bond motifs is 1. The molecule has 1 aliphatic rings. The minimum Gasteiger partial charge on any atom is -0.480 e. The van der Waals surface area contributed by atoms with Crippen LogP contribution in [0.15, 0.2) is 29.0 Å². The Hall–Kier alpha value is -2.04. The predicted octanol–water partition coefficient (Wildman–Crippen LogP) is 2.13. The van der Waals surface area contributed by atoms with E-state index in [2.05, 4.69) is 4.98 Å². The molecule has 94 valence electrons. The SMILES string of the molecule is CC1CCN(c2nccc3occc23)C1C(=O)O. The van der Waals surface area contributed by atoms with Gasteiger partial charge in [-0.2, -0.15) is 0 Å². The van der Waals surface area contributed by atoms with Gasteiger partial charge in [0, 0.05) is 12.7 Å². The van der Waals surface area contributed by atoms with Gasteiger partial charge < -0.3 is 14.4 Å². The standard InChI is InChI=1S/C13H14N2O3/c1-8-3-6-15(11(8)13(16)17)12-9-4-7-18-10(9)2-5-14-12/h2,4-5,7-8,11H,3,6H2,1H3,(H,16,17). The summed E-state index contributed by atoms with van der Waals surface area (Å²) >= 11 is 0. The fraction of sp³-hybridized carbons (Fsp3) is 0.385. The largest absolute Gasteiger partial charge is 0.480 e. The normalized spacial score (nSPS) is 23.7. The van der Waals surface area contributed by atoms with E-state index in [4.69, 9.17) is 4.42 Å². The second-order valence-electron chi connectivity index (χ2n) is 4.71. The van der Waals surface area contributed by atoms with E-state index < -0.39 is 12.0 Å². The second-order valence-corrected chi connectivity index (χ2v) is 4.71. The first-order valence-electron chi connectivity index (χ1n) is 6.00. The topological polar surface area (TPSA) is 66.6 Å². The number of carboxylic acid groups (broad SMARTS) is 1. The summed E-state index contributed by atoms with van der Waals surface area (Å²) in [5.41, 5.74) is 0.740. The molecule has 0 spiro atoms. The fourth-order valence-corrected chi connectivity index (χ4v) is 2.67. The molecule has 5 nitrogen and oxygen atoms in total. The van der Waals surface area contributed by atoms with Crippen molar-refractivity contribution in [3.8, 4) is 0 Å². The summed E-state index contributed by atoms with van der Waals surface area (Å²) in [7, 11) is 0. The third kappa shape index (κ3) is 1.54. The Bertz CT molecular complexity index is 593. The average Bonchev–Trinajstić information content (AvgIpc) is 2.94. The van der Waals surface area contributed by atoms with Crippen molar-refractivity contribution in [1.82, 2.24) is 4.98 Å². The third-order valence-corrected chi connectivity index (χ3v) is 3.58. The number of hydrogen-bond acceptors (Lipinski definition) is 4. The first-order chi connectivity index (χ1) is 8.68. The van der Waals surface area contributed by atoms with Gasteiger partial charge in [-0.15, -0.1) is 0 Å². The second kappa shape index (κ2) is 4.01. The molecule has 0 bridgehead atoms. The molecular weight excluding hydrogens is 232 g/mol. The Morgan fingerprint density at radius 1 is 1.56 bits per heavy atom. The van der Waals surface area contributed by atoms with E-state index in [0.717, 1.165) is 23.9 Å². The van der Waals surface area contributed by atoms with Crippen molar-refractivity contribution < 1.29 is 14.3 Å². The number of nitrogens with zero attached hydrogens (tertiary/aromatic N) is 2. The predicted molar refractivity (Wildman–Crippen MR) is 66.6 cm³/mol. The lowest BCUT2D eigenvalue weighted by atomic mass is 10.0. The van der Waals surface area contributed by atoms with Crippen LogP contribution in [0.3, 0.4) is 0 Å². The lowest BCUT2D eigenvalue weighted by Crippen LogP contribution is -2.39. The van der Waals surface area contributed by atoms with E-state index >= 15 is 0 Å². The van der Waals surface area contributed by atoms with Gasteiger partial charge in [-0.25, -0.2) is 9.78 Å². The van der Waals surface area contributed by atoms with Crippen molar-refractivity contribution in [2.24, 2.45) is 5.92 Å². The first-order valence-corrected chi connectivity index (χ1v) is 6.00. The molecule has 1 saturated heterocycles. The zero-order valence-electron chi connectivity index (χ0n) is 10.0. The van der Waals surface area contributed by atoms with E-state index in [9.17, 15) is 9.90 Å².